The van der Waals surface area contributed by atoms with Gasteiger partial charge in [-0.2, -0.15) is 13.5 Å². The van der Waals surface area contributed by atoms with E-state index in [2.05, 4.69) is 9.93 Å². The fraction of sp³-hybridized carbons (Fsp3) is 0.188. The Morgan fingerprint density at radius 2 is 1.56 bits per heavy atom. The fourth-order valence-corrected chi connectivity index (χ4v) is 2.76. The van der Waals surface area contributed by atoms with Crippen LogP contribution in [0.25, 0.3) is 0 Å². The first-order valence-electron chi connectivity index (χ1n) is 7.05. The SMILES string of the molecule is COc1ccc(S(=O)(=O)N/N=C/c2cc(OC)c(O)c(OC)c2)cc1. The third kappa shape index (κ3) is 4.32. The lowest BCUT2D eigenvalue weighted by Gasteiger charge is -2.09. The molecular weight excluding hydrogens is 348 g/mol. The Labute approximate surface area is 145 Å². The van der Waals surface area contributed by atoms with Gasteiger partial charge in [0.05, 0.1) is 32.4 Å². The number of rotatable bonds is 7. The second-order valence-electron chi connectivity index (χ2n) is 4.80. The van der Waals surface area contributed by atoms with Gasteiger partial charge in [0.15, 0.2) is 11.5 Å². The summed E-state index contributed by atoms with van der Waals surface area (Å²) in [4.78, 5) is 2.16. The van der Waals surface area contributed by atoms with Gasteiger partial charge in [0, 0.05) is 5.56 Å². The number of hydrogen-bond donors (Lipinski definition) is 2. The number of ether oxygens (including phenoxy) is 3. The lowest BCUT2D eigenvalue weighted by Crippen LogP contribution is -2.18. The molecule has 2 aromatic carbocycles. The molecule has 2 rings (SSSR count). The van der Waals surface area contributed by atoms with Crippen LogP contribution in [0.3, 0.4) is 0 Å². The number of nitrogens with zero attached hydrogens (tertiary/aromatic N) is 1. The molecule has 0 spiro atoms. The lowest BCUT2D eigenvalue weighted by atomic mass is 10.2. The van der Waals surface area contributed by atoms with E-state index in [0.717, 1.165) is 0 Å². The summed E-state index contributed by atoms with van der Waals surface area (Å²) < 4.78 is 39.4. The number of methoxy groups -OCH3 is 3. The number of hydrazone groups is 1. The first kappa shape index (κ1) is 18.4. The highest BCUT2D eigenvalue weighted by atomic mass is 32.2. The third-order valence-corrected chi connectivity index (χ3v) is 4.50. The summed E-state index contributed by atoms with van der Waals surface area (Å²) in [6.07, 6.45) is 1.27. The van der Waals surface area contributed by atoms with Crippen LogP contribution >= 0.6 is 0 Å². The van der Waals surface area contributed by atoms with E-state index in [-0.39, 0.29) is 22.1 Å². The Morgan fingerprint density at radius 1 is 1.00 bits per heavy atom. The van der Waals surface area contributed by atoms with Crippen LogP contribution in [0.5, 0.6) is 23.0 Å². The number of phenolic OH excluding ortho intramolecular Hbond substituents is 1. The Morgan fingerprint density at radius 3 is 2.04 bits per heavy atom. The van der Waals surface area contributed by atoms with Gasteiger partial charge < -0.3 is 19.3 Å². The average molecular weight is 366 g/mol. The van der Waals surface area contributed by atoms with Crippen LogP contribution in [-0.4, -0.2) is 41.1 Å². The van der Waals surface area contributed by atoms with Crippen LogP contribution in [0, 0.1) is 0 Å². The van der Waals surface area contributed by atoms with Crippen LogP contribution in [0.4, 0.5) is 0 Å². The molecule has 0 atom stereocenters. The van der Waals surface area contributed by atoms with Gasteiger partial charge >= 0.3 is 0 Å². The molecular formula is C16H18N2O6S. The topological polar surface area (TPSA) is 106 Å². The molecule has 0 saturated carbocycles. The van der Waals surface area contributed by atoms with Crippen molar-refractivity contribution in [1.29, 1.82) is 0 Å². The molecule has 9 heteroatoms. The number of sulfonamides is 1. The second-order valence-corrected chi connectivity index (χ2v) is 6.46. The van der Waals surface area contributed by atoms with E-state index in [0.29, 0.717) is 11.3 Å². The van der Waals surface area contributed by atoms with Crippen LogP contribution < -0.4 is 19.0 Å². The molecule has 0 radical (unpaired) electrons. The zero-order valence-electron chi connectivity index (χ0n) is 13.9. The Kier molecular flexibility index (Phi) is 5.71. The molecule has 0 aromatic heterocycles. The maximum Gasteiger partial charge on any atom is 0.276 e. The van der Waals surface area contributed by atoms with E-state index >= 15 is 0 Å². The summed E-state index contributed by atoms with van der Waals surface area (Å²) >= 11 is 0. The lowest BCUT2D eigenvalue weighted by molar-refractivity contribution is 0.340. The minimum Gasteiger partial charge on any atom is -0.502 e. The molecule has 0 aliphatic carbocycles. The van der Waals surface area contributed by atoms with Crippen LogP contribution in [-0.2, 0) is 10.0 Å². The molecule has 2 N–H and O–H groups in total. The van der Waals surface area contributed by atoms with E-state index in [1.807, 2.05) is 0 Å². The Hall–Kier alpha value is -2.94. The summed E-state index contributed by atoms with van der Waals surface area (Å²) in [5.74, 6) is 0.754. The highest BCUT2D eigenvalue weighted by molar-refractivity contribution is 7.89. The Bertz CT molecular complexity index is 838. The smallest absolute Gasteiger partial charge is 0.276 e. The number of phenols is 1. The number of nitrogens with one attached hydrogen (secondary N) is 1. The van der Waals surface area contributed by atoms with Crippen LogP contribution in [0.15, 0.2) is 46.4 Å². The van der Waals surface area contributed by atoms with Crippen molar-refractivity contribution in [1.82, 2.24) is 4.83 Å². The summed E-state index contributed by atoms with van der Waals surface area (Å²) in [6, 6.07) is 8.86. The van der Waals surface area contributed by atoms with Gasteiger partial charge in [-0.1, -0.05) is 0 Å². The Balaban J connectivity index is 2.19. The maximum absolute atomic E-state index is 12.2. The molecule has 0 aliphatic heterocycles. The molecule has 0 saturated heterocycles. The molecule has 0 amide bonds. The van der Waals surface area contributed by atoms with E-state index in [1.54, 1.807) is 0 Å². The van der Waals surface area contributed by atoms with Crippen molar-refractivity contribution in [2.45, 2.75) is 4.90 Å². The van der Waals surface area contributed by atoms with E-state index < -0.39 is 10.0 Å². The summed E-state index contributed by atoms with van der Waals surface area (Å²) in [5.41, 5.74) is 0.476. The van der Waals surface area contributed by atoms with Crippen molar-refractivity contribution in [3.05, 3.63) is 42.0 Å². The number of hydrogen-bond acceptors (Lipinski definition) is 7. The monoisotopic (exact) mass is 366 g/mol. The first-order valence-corrected chi connectivity index (χ1v) is 8.53. The predicted molar refractivity (Wildman–Crippen MR) is 92.1 cm³/mol. The van der Waals surface area contributed by atoms with Crippen molar-refractivity contribution in [2.75, 3.05) is 21.3 Å². The zero-order chi connectivity index (χ0) is 18.4. The minimum atomic E-state index is -3.81. The zero-order valence-corrected chi connectivity index (χ0v) is 14.7. The molecule has 0 unspecified atom stereocenters. The quantitative estimate of drug-likeness (QED) is 0.571. The molecule has 25 heavy (non-hydrogen) atoms. The number of aromatic hydroxyl groups is 1. The maximum atomic E-state index is 12.2. The highest BCUT2D eigenvalue weighted by Crippen LogP contribution is 2.36. The highest BCUT2D eigenvalue weighted by Gasteiger charge is 2.13. The molecule has 134 valence electrons. The molecule has 0 aliphatic rings. The summed E-state index contributed by atoms with van der Waals surface area (Å²) in [6.45, 7) is 0. The van der Waals surface area contributed by atoms with Crippen molar-refractivity contribution in [3.8, 4) is 23.0 Å². The standard InChI is InChI=1S/C16H18N2O6S/c1-22-12-4-6-13(7-5-12)25(20,21)18-17-10-11-8-14(23-2)16(19)15(9-11)24-3/h4-10,18-19H,1-3H3/b17-10+. The number of benzene rings is 2. The van der Waals surface area contributed by atoms with E-state index in [1.165, 1.54) is 63.9 Å². The molecule has 8 nitrogen and oxygen atoms in total. The van der Waals surface area contributed by atoms with Crippen molar-refractivity contribution in [3.63, 3.8) is 0 Å². The molecule has 0 heterocycles. The van der Waals surface area contributed by atoms with E-state index in [4.69, 9.17) is 14.2 Å². The molecule has 0 fully saturated rings. The first-order chi connectivity index (χ1) is 11.9. The normalized spacial score (nSPS) is 11.3. The molecule has 2 aromatic rings. The second kappa shape index (κ2) is 7.75. The van der Waals surface area contributed by atoms with Crippen LogP contribution in [0.2, 0.25) is 0 Å². The van der Waals surface area contributed by atoms with E-state index in [9.17, 15) is 13.5 Å². The van der Waals surface area contributed by atoms with Gasteiger partial charge in [0.2, 0.25) is 5.75 Å². The third-order valence-electron chi connectivity index (χ3n) is 3.26. The predicted octanol–water partition coefficient (Wildman–Crippen LogP) is 1.73. The van der Waals surface area contributed by atoms with Gasteiger partial charge in [-0.3, -0.25) is 0 Å². The van der Waals surface area contributed by atoms with Gasteiger partial charge in [0.25, 0.3) is 10.0 Å². The van der Waals surface area contributed by atoms with Gasteiger partial charge in [-0.25, -0.2) is 4.83 Å². The summed E-state index contributed by atoms with van der Waals surface area (Å²) in [7, 11) is 0.463. The molecule has 0 bridgehead atoms. The average Bonchev–Trinajstić information content (AvgIpc) is 2.62. The van der Waals surface area contributed by atoms with Gasteiger partial charge in [-0.05, 0) is 36.4 Å². The largest absolute Gasteiger partial charge is 0.502 e. The minimum absolute atomic E-state index is 0.0475. The van der Waals surface area contributed by atoms with Crippen molar-refractivity contribution in [2.24, 2.45) is 5.10 Å². The van der Waals surface area contributed by atoms with Crippen LogP contribution in [0.1, 0.15) is 5.56 Å². The summed E-state index contributed by atoms with van der Waals surface area (Å²) in [5, 5.41) is 13.6. The van der Waals surface area contributed by atoms with Crippen molar-refractivity contribution >= 4 is 16.2 Å². The van der Waals surface area contributed by atoms with Crippen molar-refractivity contribution < 1.29 is 27.7 Å². The van der Waals surface area contributed by atoms with Gasteiger partial charge in [0.1, 0.15) is 5.75 Å². The van der Waals surface area contributed by atoms with Gasteiger partial charge in [-0.15, -0.1) is 0 Å². The fourth-order valence-electron chi connectivity index (χ4n) is 1.97.